The molecule has 132 valence electrons. The van der Waals surface area contributed by atoms with Gasteiger partial charge in [-0.2, -0.15) is 5.10 Å². The van der Waals surface area contributed by atoms with E-state index in [2.05, 4.69) is 5.10 Å². The van der Waals surface area contributed by atoms with E-state index in [-0.39, 0.29) is 17.7 Å². The van der Waals surface area contributed by atoms with Crippen LogP contribution in [0.2, 0.25) is 5.02 Å². The molecule has 1 aromatic heterocycles. The fourth-order valence-corrected chi connectivity index (χ4v) is 3.66. The van der Waals surface area contributed by atoms with Crippen LogP contribution in [0.3, 0.4) is 0 Å². The van der Waals surface area contributed by atoms with Crippen molar-refractivity contribution in [3.63, 3.8) is 0 Å². The van der Waals surface area contributed by atoms with E-state index in [4.69, 9.17) is 11.6 Å². The normalized spacial score (nSPS) is 18.5. The Morgan fingerprint density at radius 2 is 1.92 bits per heavy atom. The molecule has 4 rings (SSSR count). The molecule has 1 amide bonds. The molecule has 0 bridgehead atoms. The quantitative estimate of drug-likeness (QED) is 0.676. The van der Waals surface area contributed by atoms with Gasteiger partial charge in [0.05, 0.1) is 11.9 Å². The third-order valence-corrected chi connectivity index (χ3v) is 5.21. The Morgan fingerprint density at radius 3 is 2.69 bits per heavy atom. The van der Waals surface area contributed by atoms with Gasteiger partial charge in [-0.25, -0.2) is 4.68 Å². The van der Waals surface area contributed by atoms with Gasteiger partial charge in [-0.05, 0) is 36.1 Å². The van der Waals surface area contributed by atoms with Crippen LogP contribution in [-0.2, 0) is 11.3 Å². The monoisotopic (exact) mass is 365 g/mol. The third-order valence-electron chi connectivity index (χ3n) is 4.87. The summed E-state index contributed by atoms with van der Waals surface area (Å²) >= 11 is 6.26. The molecule has 3 aromatic rings. The molecule has 2 aromatic carbocycles. The number of aromatic nitrogens is 2. The smallest absolute Gasteiger partial charge is 0.226 e. The van der Waals surface area contributed by atoms with Crippen LogP contribution in [0.1, 0.15) is 23.5 Å². The predicted octanol–water partition coefficient (Wildman–Crippen LogP) is 4.29. The van der Waals surface area contributed by atoms with Crippen molar-refractivity contribution in [3.05, 3.63) is 83.1 Å². The van der Waals surface area contributed by atoms with Crippen molar-refractivity contribution in [2.45, 2.75) is 18.9 Å². The average molecular weight is 366 g/mol. The Morgan fingerprint density at radius 1 is 1.19 bits per heavy atom. The van der Waals surface area contributed by atoms with Gasteiger partial charge in [0.15, 0.2) is 0 Å². The maximum Gasteiger partial charge on any atom is 0.226 e. The Hall–Kier alpha value is -2.59. The Balaban J connectivity index is 1.40. The first-order valence-electron chi connectivity index (χ1n) is 8.72. The number of rotatable bonds is 5. The number of amides is 1. The van der Waals surface area contributed by atoms with Crippen LogP contribution < -0.4 is 0 Å². The summed E-state index contributed by atoms with van der Waals surface area (Å²) in [5.41, 5.74) is 3.10. The van der Waals surface area contributed by atoms with E-state index in [0.29, 0.717) is 6.54 Å². The standard InChI is InChI=1S/C21H20ClN3O/c1-24(13-15-12-23-25(14-15)16-7-3-2-4-8-16)21(26)19-11-18(19)17-9-5-6-10-20(17)22/h2-10,12,14,18-19H,11,13H2,1H3. The number of hydrogen-bond acceptors (Lipinski definition) is 2. The topological polar surface area (TPSA) is 38.1 Å². The van der Waals surface area contributed by atoms with Crippen LogP contribution in [0.25, 0.3) is 5.69 Å². The number of carbonyl (C=O) groups excluding carboxylic acids is 1. The maximum absolute atomic E-state index is 12.7. The second-order valence-corrected chi connectivity index (χ2v) is 7.20. The van der Waals surface area contributed by atoms with Crippen molar-refractivity contribution >= 4 is 17.5 Å². The molecule has 0 aliphatic heterocycles. The molecule has 1 fully saturated rings. The second-order valence-electron chi connectivity index (χ2n) is 6.79. The molecule has 0 saturated heterocycles. The number of benzene rings is 2. The molecule has 4 nitrogen and oxygen atoms in total. The summed E-state index contributed by atoms with van der Waals surface area (Å²) in [7, 11) is 1.85. The molecule has 1 heterocycles. The van der Waals surface area contributed by atoms with Crippen molar-refractivity contribution in [2.75, 3.05) is 7.05 Å². The second kappa shape index (κ2) is 6.96. The van der Waals surface area contributed by atoms with E-state index >= 15 is 0 Å². The Labute approximate surface area is 158 Å². The minimum absolute atomic E-state index is 0.0315. The van der Waals surface area contributed by atoms with Crippen molar-refractivity contribution in [1.29, 1.82) is 0 Å². The summed E-state index contributed by atoms with van der Waals surface area (Å²) < 4.78 is 1.83. The summed E-state index contributed by atoms with van der Waals surface area (Å²) in [5, 5.41) is 5.14. The van der Waals surface area contributed by atoms with E-state index in [1.54, 1.807) is 4.90 Å². The molecule has 1 aliphatic carbocycles. The van der Waals surface area contributed by atoms with Gasteiger partial charge >= 0.3 is 0 Å². The van der Waals surface area contributed by atoms with Gasteiger partial charge in [-0.3, -0.25) is 4.79 Å². The molecule has 0 radical (unpaired) electrons. The van der Waals surface area contributed by atoms with Crippen LogP contribution in [-0.4, -0.2) is 27.6 Å². The minimum Gasteiger partial charge on any atom is -0.341 e. The van der Waals surface area contributed by atoms with Gasteiger partial charge in [0.1, 0.15) is 0 Å². The highest BCUT2D eigenvalue weighted by molar-refractivity contribution is 6.31. The van der Waals surface area contributed by atoms with Gasteiger partial charge in [-0.15, -0.1) is 0 Å². The van der Waals surface area contributed by atoms with E-state index in [9.17, 15) is 4.79 Å². The van der Waals surface area contributed by atoms with E-state index in [1.807, 2.05) is 78.7 Å². The van der Waals surface area contributed by atoms with E-state index < -0.39 is 0 Å². The van der Waals surface area contributed by atoms with Gasteiger partial charge in [0.2, 0.25) is 5.91 Å². The van der Waals surface area contributed by atoms with Crippen LogP contribution in [0.15, 0.2) is 67.0 Å². The van der Waals surface area contributed by atoms with Crippen LogP contribution in [0, 0.1) is 5.92 Å². The summed E-state index contributed by atoms with van der Waals surface area (Å²) in [6, 6.07) is 17.7. The number of nitrogens with zero attached hydrogens (tertiary/aromatic N) is 3. The fourth-order valence-electron chi connectivity index (χ4n) is 3.39. The maximum atomic E-state index is 12.7. The van der Waals surface area contributed by atoms with Crippen molar-refractivity contribution in [2.24, 2.45) is 5.92 Å². The lowest BCUT2D eigenvalue weighted by atomic mass is 10.1. The molecular weight excluding hydrogens is 346 g/mol. The molecule has 0 spiro atoms. The molecule has 2 atom stereocenters. The first-order valence-corrected chi connectivity index (χ1v) is 9.09. The third kappa shape index (κ3) is 3.37. The Bertz CT molecular complexity index is 922. The van der Waals surface area contributed by atoms with E-state index in [1.165, 1.54) is 0 Å². The molecular formula is C21H20ClN3O. The lowest BCUT2D eigenvalue weighted by Crippen LogP contribution is -2.27. The van der Waals surface area contributed by atoms with Crippen LogP contribution >= 0.6 is 11.6 Å². The first kappa shape index (κ1) is 16.9. The van der Waals surface area contributed by atoms with Gasteiger partial charge in [0, 0.05) is 36.3 Å². The largest absolute Gasteiger partial charge is 0.341 e. The molecule has 2 unspecified atom stereocenters. The number of hydrogen-bond donors (Lipinski definition) is 0. The highest BCUT2D eigenvalue weighted by Gasteiger charge is 2.45. The fraction of sp³-hybridized carbons (Fsp3) is 0.238. The molecule has 5 heteroatoms. The zero-order valence-electron chi connectivity index (χ0n) is 14.5. The van der Waals surface area contributed by atoms with Gasteiger partial charge < -0.3 is 4.90 Å². The minimum atomic E-state index is 0.0315. The van der Waals surface area contributed by atoms with Crippen molar-refractivity contribution in [3.8, 4) is 5.69 Å². The summed E-state index contributed by atoms with van der Waals surface area (Å²) in [4.78, 5) is 14.5. The number of carbonyl (C=O) groups is 1. The van der Waals surface area contributed by atoms with Gasteiger partial charge in [0.25, 0.3) is 0 Å². The number of para-hydroxylation sites is 1. The van der Waals surface area contributed by atoms with Crippen LogP contribution in [0.5, 0.6) is 0 Å². The summed E-state index contributed by atoms with van der Waals surface area (Å²) in [5.74, 6) is 0.442. The van der Waals surface area contributed by atoms with Crippen molar-refractivity contribution in [1.82, 2.24) is 14.7 Å². The lowest BCUT2D eigenvalue weighted by Gasteiger charge is -2.16. The zero-order chi connectivity index (χ0) is 18.1. The predicted molar refractivity (Wildman–Crippen MR) is 102 cm³/mol. The highest BCUT2D eigenvalue weighted by atomic mass is 35.5. The SMILES string of the molecule is CN(Cc1cnn(-c2ccccc2)c1)C(=O)C1CC1c1ccccc1Cl. The Kier molecular flexibility index (Phi) is 4.51. The van der Waals surface area contributed by atoms with Crippen LogP contribution in [0.4, 0.5) is 0 Å². The lowest BCUT2D eigenvalue weighted by molar-refractivity contribution is -0.131. The number of halogens is 1. The summed E-state index contributed by atoms with van der Waals surface area (Å²) in [6.45, 7) is 0.553. The molecule has 1 aliphatic rings. The zero-order valence-corrected chi connectivity index (χ0v) is 15.3. The van der Waals surface area contributed by atoms with E-state index in [0.717, 1.165) is 28.3 Å². The summed E-state index contributed by atoms with van der Waals surface area (Å²) in [6.07, 6.45) is 4.66. The highest BCUT2D eigenvalue weighted by Crippen LogP contribution is 2.50. The molecule has 1 saturated carbocycles. The van der Waals surface area contributed by atoms with Crippen molar-refractivity contribution < 1.29 is 4.79 Å². The van der Waals surface area contributed by atoms with Gasteiger partial charge in [-0.1, -0.05) is 48.0 Å². The average Bonchev–Trinajstić information content (AvgIpc) is 3.32. The first-order chi connectivity index (χ1) is 12.6. The molecule has 26 heavy (non-hydrogen) atoms. The molecule has 0 N–H and O–H groups in total.